The van der Waals surface area contributed by atoms with Gasteiger partial charge in [-0.2, -0.15) is 0 Å². The van der Waals surface area contributed by atoms with Gasteiger partial charge >= 0.3 is 5.97 Å². The third-order valence-corrected chi connectivity index (χ3v) is 18.0. The van der Waals surface area contributed by atoms with Gasteiger partial charge < -0.3 is 83.5 Å². The number of aliphatic hydroxyl groups is 8. The fourth-order valence-corrected chi connectivity index (χ4v) is 14.2. The number of carbonyl (C=O) groups excluding carboxylic acids is 1. The van der Waals surface area contributed by atoms with E-state index in [-0.39, 0.29) is 54.0 Å². The normalized spacial score (nSPS) is 54.8. The molecule has 25 atom stereocenters. The predicted octanol–water partition coefficient (Wildman–Crippen LogP) is 1.07. The van der Waals surface area contributed by atoms with Crippen LogP contribution in [-0.4, -0.2) is 176 Å². The summed E-state index contributed by atoms with van der Waals surface area (Å²) in [5, 5.41) is 85.9. The zero-order valence-electron chi connectivity index (χ0n) is 38.3. The monoisotopic (exact) mass is 926 g/mol. The van der Waals surface area contributed by atoms with Crippen LogP contribution in [0.25, 0.3) is 0 Å². The van der Waals surface area contributed by atoms with E-state index >= 15 is 0 Å². The van der Waals surface area contributed by atoms with Crippen molar-refractivity contribution < 1.29 is 88.3 Å². The van der Waals surface area contributed by atoms with E-state index in [1.807, 2.05) is 6.92 Å². The Balaban J connectivity index is 0.872. The Bertz CT molecular complexity index is 1710. The van der Waals surface area contributed by atoms with Crippen LogP contribution >= 0.6 is 0 Å². The molecule has 0 radical (unpaired) electrons. The van der Waals surface area contributed by atoms with E-state index in [0.29, 0.717) is 18.4 Å². The second-order valence-corrected chi connectivity index (χ2v) is 21.5. The largest absolute Gasteiger partial charge is 0.458 e. The molecule has 0 spiro atoms. The van der Waals surface area contributed by atoms with Crippen molar-refractivity contribution in [3.8, 4) is 0 Å². The quantitative estimate of drug-likeness (QED) is 0.113. The number of hydrogen-bond acceptors (Lipinski definition) is 18. The van der Waals surface area contributed by atoms with Crippen molar-refractivity contribution in [1.82, 2.24) is 0 Å². The van der Waals surface area contributed by atoms with E-state index < -0.39 is 117 Å². The fraction of sp³-hybridized carbons (Fsp3) is 0.936. The maximum atomic E-state index is 12.7. The lowest BCUT2D eigenvalue weighted by Gasteiger charge is -2.64. The second kappa shape index (κ2) is 18.7. The van der Waals surface area contributed by atoms with E-state index in [0.717, 1.165) is 63.4 Å². The first kappa shape index (κ1) is 48.6. The van der Waals surface area contributed by atoms with Crippen molar-refractivity contribution in [1.29, 1.82) is 0 Å². The van der Waals surface area contributed by atoms with Gasteiger partial charge in [-0.3, -0.25) is 0 Å². The Morgan fingerprint density at radius 2 is 1.35 bits per heavy atom. The number of carbonyl (C=O) groups is 1. The predicted molar refractivity (Wildman–Crippen MR) is 224 cm³/mol. The molecule has 0 aromatic carbocycles. The molecule has 65 heavy (non-hydrogen) atoms. The summed E-state index contributed by atoms with van der Waals surface area (Å²) < 4.78 is 55.7. The molecule has 370 valence electrons. The average Bonchev–Trinajstić information content (AvgIpc) is 3.81. The Kier molecular flexibility index (Phi) is 14.0. The molecule has 0 bridgehead atoms. The molecular formula is C47H74O18. The molecule has 4 saturated heterocycles. The number of ether oxygens (including phenoxy) is 9. The van der Waals surface area contributed by atoms with Crippen molar-refractivity contribution >= 4 is 5.97 Å². The molecule has 4 aliphatic carbocycles. The van der Waals surface area contributed by atoms with E-state index in [2.05, 4.69) is 13.8 Å². The van der Waals surface area contributed by atoms with E-state index in [9.17, 15) is 45.6 Å². The summed E-state index contributed by atoms with van der Waals surface area (Å²) in [6, 6.07) is 0. The zero-order chi connectivity index (χ0) is 46.3. The minimum atomic E-state index is -1.67. The van der Waals surface area contributed by atoms with Crippen LogP contribution in [0, 0.1) is 34.5 Å². The van der Waals surface area contributed by atoms with Crippen LogP contribution in [-0.2, 0) is 47.4 Å². The van der Waals surface area contributed by atoms with E-state index in [1.165, 1.54) is 0 Å². The molecule has 4 saturated carbocycles. The average molecular weight is 927 g/mol. The highest BCUT2D eigenvalue weighted by atomic mass is 16.8. The lowest BCUT2D eigenvalue weighted by atomic mass is 9.43. The van der Waals surface area contributed by atoms with Gasteiger partial charge in [0.15, 0.2) is 25.2 Å². The maximum Gasteiger partial charge on any atom is 0.331 e. The van der Waals surface area contributed by atoms with E-state index in [4.69, 9.17) is 42.6 Å². The molecular weight excluding hydrogens is 852 g/mol. The van der Waals surface area contributed by atoms with Gasteiger partial charge in [0.25, 0.3) is 0 Å². The SMILES string of the molecule is CC1OC(OC2C(C)OC(OC3CCC4(C)C(CCC5C4CCC4(C)C(C6=CC(=O)OC6)CCC54O)C3)CC2OC2CC(OC3OC(CO)C(O)C(O)C3O)C(O)C(C)O2)CC(O)C1O. The summed E-state index contributed by atoms with van der Waals surface area (Å²) in [7, 11) is 0. The summed E-state index contributed by atoms with van der Waals surface area (Å²) in [4.78, 5) is 12.0. The first-order valence-corrected chi connectivity index (χ1v) is 24.4. The Morgan fingerprint density at radius 3 is 2.06 bits per heavy atom. The van der Waals surface area contributed by atoms with E-state index in [1.54, 1.807) is 19.9 Å². The van der Waals surface area contributed by atoms with Gasteiger partial charge in [0.2, 0.25) is 0 Å². The number of cyclic esters (lactones) is 1. The topological polar surface area (TPSA) is 262 Å². The summed E-state index contributed by atoms with van der Waals surface area (Å²) in [5.41, 5.74) is -0.0165. The first-order chi connectivity index (χ1) is 30.8. The summed E-state index contributed by atoms with van der Waals surface area (Å²) in [6.45, 7) is 9.54. The van der Waals surface area contributed by atoms with Crippen LogP contribution in [0.3, 0.4) is 0 Å². The molecule has 0 amide bonds. The van der Waals surface area contributed by atoms with Gasteiger partial charge in [0, 0.05) is 30.8 Å². The number of aliphatic hydroxyl groups excluding tert-OH is 7. The van der Waals surface area contributed by atoms with Gasteiger partial charge in [-0.1, -0.05) is 13.8 Å². The fourth-order valence-electron chi connectivity index (χ4n) is 14.2. The summed E-state index contributed by atoms with van der Waals surface area (Å²) in [5.74, 6) is 0.839. The summed E-state index contributed by atoms with van der Waals surface area (Å²) >= 11 is 0. The molecule has 5 heterocycles. The van der Waals surface area contributed by atoms with Crippen molar-refractivity contribution in [2.45, 2.75) is 228 Å². The zero-order valence-corrected chi connectivity index (χ0v) is 38.3. The van der Waals surface area contributed by atoms with Gasteiger partial charge in [0.05, 0.1) is 54.9 Å². The van der Waals surface area contributed by atoms with Crippen LogP contribution in [0.1, 0.15) is 112 Å². The third kappa shape index (κ3) is 8.79. The lowest BCUT2D eigenvalue weighted by Crippen LogP contribution is -2.62. The smallest absolute Gasteiger partial charge is 0.331 e. The second-order valence-electron chi connectivity index (χ2n) is 21.5. The molecule has 8 fully saturated rings. The number of hydrogen-bond donors (Lipinski definition) is 8. The van der Waals surface area contributed by atoms with Crippen LogP contribution < -0.4 is 0 Å². The van der Waals surface area contributed by atoms with Gasteiger partial charge in [-0.15, -0.1) is 0 Å². The van der Waals surface area contributed by atoms with Crippen LogP contribution in [0.15, 0.2) is 11.6 Å². The Hall–Kier alpha value is -1.43. The lowest BCUT2D eigenvalue weighted by molar-refractivity contribution is -0.357. The standard InChI is InChI=1S/C47H74O18/c1-21-38(51)30(49)16-35(58-21)65-43-23(3)60-36(18-32(43)62-37-17-31(39(52)22(2)59-37)63-44-42(55)41(54)40(53)33(19-48)64-44)61-26-8-11-45(4)25(15-26)6-7-29-28(45)9-12-46(5)27(10-13-47(29,46)56)24-14-34(50)57-20-24/h14,21-23,25-33,35-44,48-49,51-56H,6-13,15-20H2,1-5H3. The molecule has 18 nitrogen and oxygen atoms in total. The van der Waals surface area contributed by atoms with Crippen LogP contribution in [0.4, 0.5) is 0 Å². The Morgan fingerprint density at radius 1 is 0.662 bits per heavy atom. The number of esters is 1. The highest BCUT2D eigenvalue weighted by molar-refractivity contribution is 5.85. The molecule has 18 heteroatoms. The Labute approximate surface area is 380 Å². The number of rotatable bonds is 10. The summed E-state index contributed by atoms with van der Waals surface area (Å²) in [6.07, 6.45) is -8.07. The molecule has 8 N–H and O–H groups in total. The maximum absolute atomic E-state index is 12.7. The molecule has 9 rings (SSSR count). The first-order valence-electron chi connectivity index (χ1n) is 24.4. The van der Waals surface area contributed by atoms with Crippen LogP contribution in [0.2, 0.25) is 0 Å². The third-order valence-electron chi connectivity index (χ3n) is 18.0. The molecule has 0 aromatic heterocycles. The van der Waals surface area contributed by atoms with Crippen molar-refractivity contribution in [3.63, 3.8) is 0 Å². The minimum absolute atomic E-state index is 0.0227. The van der Waals surface area contributed by atoms with Crippen molar-refractivity contribution in [2.75, 3.05) is 13.2 Å². The molecule has 9 aliphatic rings. The molecule has 0 aromatic rings. The van der Waals surface area contributed by atoms with Gasteiger partial charge in [0.1, 0.15) is 49.3 Å². The molecule has 5 aliphatic heterocycles. The van der Waals surface area contributed by atoms with Crippen molar-refractivity contribution in [3.05, 3.63) is 11.6 Å². The van der Waals surface area contributed by atoms with Crippen LogP contribution in [0.5, 0.6) is 0 Å². The van der Waals surface area contributed by atoms with Crippen molar-refractivity contribution in [2.24, 2.45) is 34.5 Å². The highest BCUT2D eigenvalue weighted by Crippen LogP contribution is 2.70. The van der Waals surface area contributed by atoms with Gasteiger partial charge in [-0.25, -0.2) is 4.79 Å². The number of fused-ring (bicyclic) bond motifs is 5. The molecule has 25 unspecified atom stereocenters. The minimum Gasteiger partial charge on any atom is -0.458 e. The van der Waals surface area contributed by atoms with Gasteiger partial charge in [-0.05, 0) is 113 Å². The highest BCUT2D eigenvalue weighted by Gasteiger charge is 2.68.